The lowest BCUT2D eigenvalue weighted by Crippen LogP contribution is -2.25. The third-order valence-corrected chi connectivity index (χ3v) is 3.07. The smallest absolute Gasteiger partial charge is 0.224 e. The van der Waals surface area contributed by atoms with Gasteiger partial charge in [-0.15, -0.1) is 0 Å². The minimum Gasteiger partial charge on any atom is -0.493 e. The summed E-state index contributed by atoms with van der Waals surface area (Å²) in [5, 5.41) is 0. The van der Waals surface area contributed by atoms with Crippen molar-refractivity contribution in [1.82, 2.24) is 0 Å². The molecule has 0 aromatic carbocycles. The first-order valence-electron chi connectivity index (χ1n) is 5.43. The van der Waals surface area contributed by atoms with Crippen LogP contribution in [0, 0.1) is 5.92 Å². The van der Waals surface area contributed by atoms with Gasteiger partial charge in [0.25, 0.3) is 0 Å². The van der Waals surface area contributed by atoms with E-state index in [-0.39, 0.29) is 23.2 Å². The van der Waals surface area contributed by atoms with Crippen LogP contribution in [0.3, 0.4) is 0 Å². The van der Waals surface area contributed by atoms with Crippen molar-refractivity contribution in [1.29, 1.82) is 0 Å². The van der Waals surface area contributed by atoms with Gasteiger partial charge in [0, 0.05) is 23.1 Å². The minimum absolute atomic E-state index is 0.0786. The highest BCUT2D eigenvalue weighted by molar-refractivity contribution is 6.22. The van der Waals surface area contributed by atoms with E-state index in [1.165, 1.54) is 13.2 Å². The summed E-state index contributed by atoms with van der Waals surface area (Å²) in [6.07, 6.45) is 6.65. The van der Waals surface area contributed by atoms with Crippen LogP contribution in [0.4, 0.5) is 0 Å². The lowest BCUT2D eigenvalue weighted by atomic mass is 9.79. The summed E-state index contributed by atoms with van der Waals surface area (Å²) in [5.41, 5.74) is 1.27. The number of carbonyl (C=O) groups excluding carboxylic acids is 2. The van der Waals surface area contributed by atoms with Gasteiger partial charge in [-0.25, -0.2) is 0 Å². The highest BCUT2D eigenvalue weighted by Gasteiger charge is 2.32. The van der Waals surface area contributed by atoms with Crippen molar-refractivity contribution >= 4 is 11.6 Å². The number of methoxy groups -OCH3 is 1. The summed E-state index contributed by atoms with van der Waals surface area (Å²) < 4.78 is 4.92. The van der Waals surface area contributed by atoms with Crippen LogP contribution in [-0.4, -0.2) is 18.7 Å². The summed E-state index contributed by atoms with van der Waals surface area (Å²) in [4.78, 5) is 23.9. The Balaban J connectivity index is 2.45. The largest absolute Gasteiger partial charge is 0.493 e. The van der Waals surface area contributed by atoms with E-state index in [0.717, 1.165) is 6.42 Å². The Morgan fingerprint density at radius 1 is 1.44 bits per heavy atom. The second kappa shape index (κ2) is 4.08. The average molecular weight is 218 g/mol. The number of hydrogen-bond acceptors (Lipinski definition) is 3. The van der Waals surface area contributed by atoms with Crippen LogP contribution < -0.4 is 0 Å². The van der Waals surface area contributed by atoms with Crippen LogP contribution in [0.15, 0.2) is 35.1 Å². The SMILES string of the molecule is CCC1C=CCC2=C1C(=O)C=C(OC)C2=O. The van der Waals surface area contributed by atoms with Crippen LogP contribution >= 0.6 is 0 Å². The number of ketones is 2. The van der Waals surface area contributed by atoms with E-state index in [9.17, 15) is 9.59 Å². The van der Waals surface area contributed by atoms with Gasteiger partial charge in [0.05, 0.1) is 7.11 Å². The molecule has 0 amide bonds. The molecule has 0 radical (unpaired) electrons. The zero-order chi connectivity index (χ0) is 11.7. The van der Waals surface area contributed by atoms with Crippen LogP contribution in [0.5, 0.6) is 0 Å². The van der Waals surface area contributed by atoms with Crippen molar-refractivity contribution in [2.75, 3.05) is 7.11 Å². The van der Waals surface area contributed by atoms with E-state index in [0.29, 0.717) is 17.6 Å². The maximum absolute atomic E-state index is 12.0. The first-order chi connectivity index (χ1) is 7.69. The van der Waals surface area contributed by atoms with E-state index >= 15 is 0 Å². The molecule has 1 atom stereocenters. The minimum atomic E-state index is -0.139. The van der Waals surface area contributed by atoms with Crippen LogP contribution in [-0.2, 0) is 14.3 Å². The Morgan fingerprint density at radius 3 is 2.81 bits per heavy atom. The molecule has 0 aromatic rings. The monoisotopic (exact) mass is 218 g/mol. The fourth-order valence-electron chi connectivity index (χ4n) is 2.23. The van der Waals surface area contributed by atoms with Gasteiger partial charge in [-0.3, -0.25) is 9.59 Å². The highest BCUT2D eigenvalue weighted by Crippen LogP contribution is 2.33. The zero-order valence-electron chi connectivity index (χ0n) is 9.45. The fourth-order valence-corrected chi connectivity index (χ4v) is 2.23. The van der Waals surface area contributed by atoms with Gasteiger partial charge in [0.1, 0.15) is 0 Å². The predicted octanol–water partition coefficient (Wildman–Crippen LogP) is 1.95. The predicted molar refractivity (Wildman–Crippen MR) is 59.7 cm³/mol. The Kier molecular flexibility index (Phi) is 2.77. The maximum Gasteiger partial charge on any atom is 0.224 e. The molecule has 84 valence electrons. The van der Waals surface area contributed by atoms with E-state index < -0.39 is 0 Å². The average Bonchev–Trinajstić information content (AvgIpc) is 2.32. The number of carbonyl (C=O) groups is 2. The molecule has 0 N–H and O–H groups in total. The van der Waals surface area contributed by atoms with E-state index in [1.54, 1.807) is 0 Å². The van der Waals surface area contributed by atoms with Crippen LogP contribution in [0.1, 0.15) is 19.8 Å². The molecule has 0 aromatic heterocycles. The van der Waals surface area contributed by atoms with Gasteiger partial charge in [0.15, 0.2) is 11.5 Å². The highest BCUT2D eigenvalue weighted by atomic mass is 16.5. The molecule has 2 rings (SSSR count). The molecular weight excluding hydrogens is 204 g/mol. The van der Waals surface area contributed by atoms with Gasteiger partial charge in [-0.2, -0.15) is 0 Å². The third kappa shape index (κ3) is 1.52. The number of Topliss-reactive ketones (excluding diaryl/α,β-unsaturated/α-hetero) is 1. The van der Waals surface area contributed by atoms with Gasteiger partial charge in [-0.1, -0.05) is 19.1 Å². The normalized spacial score (nSPS) is 24.4. The first-order valence-corrected chi connectivity index (χ1v) is 5.43. The molecule has 0 aliphatic heterocycles. The number of hydrogen-bond donors (Lipinski definition) is 0. The summed E-state index contributed by atoms with van der Waals surface area (Å²) >= 11 is 0. The lowest BCUT2D eigenvalue weighted by Gasteiger charge is -2.24. The van der Waals surface area contributed by atoms with Gasteiger partial charge in [-0.05, 0) is 12.8 Å². The van der Waals surface area contributed by atoms with E-state index in [2.05, 4.69) is 0 Å². The molecular formula is C13H14O3. The molecule has 0 saturated carbocycles. The van der Waals surface area contributed by atoms with Crippen molar-refractivity contribution in [3.63, 3.8) is 0 Å². The van der Waals surface area contributed by atoms with Crippen LogP contribution in [0.25, 0.3) is 0 Å². The molecule has 0 bridgehead atoms. The summed E-state index contributed by atoms with van der Waals surface area (Å²) in [5.74, 6) is 0.0197. The Bertz CT molecular complexity index is 438. The number of allylic oxidation sites excluding steroid dienone is 5. The molecule has 0 saturated heterocycles. The maximum atomic E-state index is 12.0. The molecule has 16 heavy (non-hydrogen) atoms. The van der Waals surface area contributed by atoms with Crippen LogP contribution in [0.2, 0.25) is 0 Å². The quantitative estimate of drug-likeness (QED) is 0.525. The second-order valence-electron chi connectivity index (χ2n) is 3.95. The molecule has 2 aliphatic carbocycles. The van der Waals surface area contributed by atoms with Crippen molar-refractivity contribution < 1.29 is 14.3 Å². The van der Waals surface area contributed by atoms with Gasteiger partial charge < -0.3 is 4.74 Å². The summed E-state index contributed by atoms with van der Waals surface area (Å²) in [6, 6.07) is 0. The Hall–Kier alpha value is -1.64. The first kappa shape index (κ1) is 10.9. The van der Waals surface area contributed by atoms with E-state index in [4.69, 9.17) is 4.74 Å². The number of rotatable bonds is 2. The summed E-state index contributed by atoms with van der Waals surface area (Å²) in [7, 11) is 1.42. The zero-order valence-corrected chi connectivity index (χ0v) is 9.45. The standard InChI is InChI=1S/C13H14O3/c1-3-8-5-4-6-9-12(8)10(14)7-11(16-2)13(9)15/h4-5,7-8H,3,6H2,1-2H3. The molecule has 0 spiro atoms. The van der Waals surface area contributed by atoms with Crippen molar-refractivity contribution in [2.45, 2.75) is 19.8 Å². The molecule has 0 fully saturated rings. The van der Waals surface area contributed by atoms with Crippen molar-refractivity contribution in [3.8, 4) is 0 Å². The molecule has 2 aliphatic rings. The van der Waals surface area contributed by atoms with Crippen molar-refractivity contribution in [3.05, 3.63) is 35.1 Å². The summed E-state index contributed by atoms with van der Waals surface area (Å²) in [6.45, 7) is 2.01. The van der Waals surface area contributed by atoms with Gasteiger partial charge in [0.2, 0.25) is 5.78 Å². The molecule has 1 unspecified atom stereocenters. The fraction of sp³-hybridized carbons (Fsp3) is 0.385. The number of ether oxygens (including phenoxy) is 1. The third-order valence-electron chi connectivity index (χ3n) is 3.07. The van der Waals surface area contributed by atoms with E-state index in [1.807, 2.05) is 19.1 Å². The molecule has 3 heteroatoms. The Labute approximate surface area is 94.5 Å². The van der Waals surface area contributed by atoms with Gasteiger partial charge >= 0.3 is 0 Å². The second-order valence-corrected chi connectivity index (χ2v) is 3.95. The Morgan fingerprint density at radius 2 is 2.19 bits per heavy atom. The molecule has 0 heterocycles. The molecule has 3 nitrogen and oxygen atoms in total. The topological polar surface area (TPSA) is 43.4 Å². The van der Waals surface area contributed by atoms with Crippen molar-refractivity contribution in [2.24, 2.45) is 5.92 Å². The lowest BCUT2D eigenvalue weighted by molar-refractivity contribution is -0.118.